The van der Waals surface area contributed by atoms with Crippen molar-refractivity contribution in [3.05, 3.63) is 40.4 Å². The number of carboxylic acid groups (broad SMARTS) is 1. The van der Waals surface area contributed by atoms with E-state index in [1.165, 1.54) is 12.3 Å². The summed E-state index contributed by atoms with van der Waals surface area (Å²) in [5.41, 5.74) is 2.98. The molecule has 2 unspecified atom stereocenters. The molecule has 0 saturated heterocycles. The first-order valence-corrected chi connectivity index (χ1v) is 11.3. The molecule has 0 radical (unpaired) electrons. The summed E-state index contributed by atoms with van der Waals surface area (Å²) in [6, 6.07) is 2.14. The standard InChI is InChI=1S/C24H29N3O5/c1-24-7-6-15(12-24)16-10-20(32-9-3-8-31-2)21(14-4-5-14)26-22(16)18-11-19(28)17(23(29)30)13-25-27(18)24/h10-11,13-15,28H,3-9,12H2,1-2H3,(H,29,30). The molecular formula is C24H29N3O5. The van der Waals surface area contributed by atoms with E-state index < -0.39 is 5.97 Å². The molecule has 170 valence electrons. The fourth-order valence-electron chi connectivity index (χ4n) is 5.14. The first-order valence-electron chi connectivity index (χ1n) is 11.3. The van der Waals surface area contributed by atoms with E-state index in [4.69, 9.17) is 14.5 Å². The molecule has 2 aliphatic heterocycles. The third-order valence-corrected chi connectivity index (χ3v) is 6.98. The van der Waals surface area contributed by atoms with Gasteiger partial charge in [-0.15, -0.1) is 0 Å². The van der Waals surface area contributed by atoms with Gasteiger partial charge < -0.3 is 19.7 Å². The molecule has 2 bridgehead atoms. The second-order valence-electron chi connectivity index (χ2n) is 9.41. The highest BCUT2D eigenvalue weighted by molar-refractivity contribution is 6.10. The van der Waals surface area contributed by atoms with Crippen LogP contribution in [0.1, 0.15) is 74.2 Å². The number of rotatable bonds is 7. The van der Waals surface area contributed by atoms with E-state index >= 15 is 0 Å². The highest BCUT2D eigenvalue weighted by Crippen LogP contribution is 2.54. The van der Waals surface area contributed by atoms with Crippen LogP contribution in [0.2, 0.25) is 0 Å². The minimum absolute atomic E-state index is 0.217. The van der Waals surface area contributed by atoms with Crippen LogP contribution in [0.25, 0.3) is 5.70 Å². The van der Waals surface area contributed by atoms with E-state index in [0.717, 1.165) is 61.2 Å². The van der Waals surface area contributed by atoms with Gasteiger partial charge in [0.25, 0.3) is 0 Å². The van der Waals surface area contributed by atoms with Crippen LogP contribution in [-0.4, -0.2) is 58.3 Å². The third-order valence-electron chi connectivity index (χ3n) is 6.98. The van der Waals surface area contributed by atoms with E-state index in [1.54, 1.807) is 7.11 Å². The largest absolute Gasteiger partial charge is 0.507 e. The molecule has 4 aliphatic rings. The molecule has 5 rings (SSSR count). The Morgan fingerprint density at radius 1 is 1.28 bits per heavy atom. The predicted octanol–water partition coefficient (Wildman–Crippen LogP) is 3.95. The van der Waals surface area contributed by atoms with E-state index in [2.05, 4.69) is 18.1 Å². The molecule has 2 aliphatic carbocycles. The molecule has 3 heterocycles. The molecule has 1 aromatic rings. The summed E-state index contributed by atoms with van der Waals surface area (Å²) in [5, 5.41) is 26.5. The van der Waals surface area contributed by atoms with Gasteiger partial charge in [-0.3, -0.25) is 5.01 Å². The first-order chi connectivity index (χ1) is 15.4. The minimum Gasteiger partial charge on any atom is -0.507 e. The van der Waals surface area contributed by atoms with Crippen LogP contribution in [0.3, 0.4) is 0 Å². The van der Waals surface area contributed by atoms with Gasteiger partial charge >= 0.3 is 5.97 Å². The lowest BCUT2D eigenvalue weighted by Crippen LogP contribution is -2.39. The lowest BCUT2D eigenvalue weighted by Gasteiger charge is -2.36. The van der Waals surface area contributed by atoms with Crippen molar-refractivity contribution in [1.29, 1.82) is 0 Å². The summed E-state index contributed by atoms with van der Waals surface area (Å²) in [7, 11) is 1.69. The normalized spacial score (nSPS) is 26.2. The second-order valence-corrected chi connectivity index (χ2v) is 9.41. The van der Waals surface area contributed by atoms with E-state index in [9.17, 15) is 15.0 Å². The Morgan fingerprint density at radius 2 is 2.09 bits per heavy atom. The van der Waals surface area contributed by atoms with Crippen molar-refractivity contribution < 1.29 is 24.5 Å². The Labute approximate surface area is 187 Å². The summed E-state index contributed by atoms with van der Waals surface area (Å²) in [6.07, 6.45) is 8.54. The Morgan fingerprint density at radius 3 is 2.81 bits per heavy atom. The number of carbonyl (C=O) groups is 1. The molecule has 2 fully saturated rings. The van der Waals surface area contributed by atoms with Gasteiger partial charge in [-0.25, -0.2) is 9.78 Å². The fourth-order valence-corrected chi connectivity index (χ4v) is 5.14. The van der Waals surface area contributed by atoms with Crippen LogP contribution in [0.5, 0.6) is 5.75 Å². The number of pyridine rings is 1. The third kappa shape index (κ3) is 3.56. The van der Waals surface area contributed by atoms with Crippen LogP contribution in [-0.2, 0) is 9.53 Å². The van der Waals surface area contributed by atoms with E-state index in [1.807, 2.05) is 5.01 Å². The topological polar surface area (TPSA) is 104 Å². The molecule has 8 heteroatoms. The van der Waals surface area contributed by atoms with Gasteiger partial charge in [0.1, 0.15) is 17.1 Å². The molecule has 2 saturated carbocycles. The zero-order chi connectivity index (χ0) is 22.5. The maximum atomic E-state index is 11.6. The summed E-state index contributed by atoms with van der Waals surface area (Å²) in [5.74, 6) is 0.0108. The average Bonchev–Trinajstić information content (AvgIpc) is 3.56. The molecule has 0 spiro atoms. The quantitative estimate of drug-likeness (QED) is 0.620. The van der Waals surface area contributed by atoms with Gasteiger partial charge in [0, 0.05) is 32.1 Å². The van der Waals surface area contributed by atoms with Crippen LogP contribution >= 0.6 is 0 Å². The lowest BCUT2D eigenvalue weighted by atomic mass is 9.93. The van der Waals surface area contributed by atoms with E-state index in [-0.39, 0.29) is 16.9 Å². The monoisotopic (exact) mass is 439 g/mol. The first kappa shape index (κ1) is 21.0. The molecular weight excluding hydrogens is 410 g/mol. The number of allylic oxidation sites excluding steroid dienone is 1. The summed E-state index contributed by atoms with van der Waals surface area (Å²) in [6.45, 7) is 3.37. The molecule has 0 amide bonds. The molecule has 0 aromatic carbocycles. The zero-order valence-corrected chi connectivity index (χ0v) is 18.5. The zero-order valence-electron chi connectivity index (χ0n) is 18.5. The molecule has 1 aromatic heterocycles. The molecule has 8 nitrogen and oxygen atoms in total. The number of aliphatic hydroxyl groups excluding tert-OH is 1. The van der Waals surface area contributed by atoms with Crippen molar-refractivity contribution in [1.82, 2.24) is 9.99 Å². The Balaban J connectivity index is 1.64. The fraction of sp³-hybridized carbons (Fsp3) is 0.542. The van der Waals surface area contributed by atoms with Crippen LogP contribution in [0, 0.1) is 0 Å². The Kier molecular flexibility index (Phi) is 5.20. The van der Waals surface area contributed by atoms with Gasteiger partial charge in [-0.05, 0) is 56.6 Å². The minimum atomic E-state index is -1.21. The van der Waals surface area contributed by atoms with Crippen LogP contribution in [0.15, 0.2) is 28.6 Å². The van der Waals surface area contributed by atoms with Gasteiger partial charge in [0.05, 0.1) is 35.4 Å². The summed E-state index contributed by atoms with van der Waals surface area (Å²) in [4.78, 5) is 16.7. The maximum Gasteiger partial charge on any atom is 0.341 e. The van der Waals surface area contributed by atoms with Gasteiger partial charge in [-0.1, -0.05) is 0 Å². The number of fused-ring (bicyclic) bond motifs is 7. The second kappa shape index (κ2) is 7.92. The number of aliphatic hydroxyl groups is 1. The summed E-state index contributed by atoms with van der Waals surface area (Å²) >= 11 is 0. The smallest absolute Gasteiger partial charge is 0.341 e. The molecule has 32 heavy (non-hydrogen) atoms. The molecule has 2 atom stereocenters. The number of aliphatic carboxylic acids is 1. The number of hydrogen-bond donors (Lipinski definition) is 2. The number of hydrogen-bond acceptors (Lipinski definition) is 7. The van der Waals surface area contributed by atoms with E-state index in [0.29, 0.717) is 30.7 Å². The number of ether oxygens (including phenoxy) is 2. The van der Waals surface area contributed by atoms with Crippen molar-refractivity contribution in [2.45, 2.75) is 62.8 Å². The predicted molar refractivity (Wildman–Crippen MR) is 119 cm³/mol. The highest BCUT2D eigenvalue weighted by Gasteiger charge is 2.47. The number of methoxy groups -OCH3 is 1. The Hall–Kier alpha value is -2.87. The summed E-state index contributed by atoms with van der Waals surface area (Å²) < 4.78 is 11.3. The lowest BCUT2D eigenvalue weighted by molar-refractivity contribution is -0.132. The average molecular weight is 440 g/mol. The number of nitrogens with zero attached hydrogens (tertiary/aromatic N) is 3. The number of hydrazone groups is 1. The SMILES string of the molecule is COCCCOc1cc2c(nc1C1CC1)C1=CC(O)=C(C(=O)O)C=NN1C1(C)CCC2C1. The van der Waals surface area contributed by atoms with Crippen molar-refractivity contribution in [2.24, 2.45) is 5.10 Å². The van der Waals surface area contributed by atoms with Gasteiger partial charge in [0.15, 0.2) is 0 Å². The van der Waals surface area contributed by atoms with Gasteiger partial charge in [0.2, 0.25) is 0 Å². The van der Waals surface area contributed by atoms with Crippen molar-refractivity contribution in [3.63, 3.8) is 0 Å². The van der Waals surface area contributed by atoms with Crippen LogP contribution < -0.4 is 4.74 Å². The van der Waals surface area contributed by atoms with Crippen LogP contribution in [0.4, 0.5) is 0 Å². The maximum absolute atomic E-state index is 11.6. The van der Waals surface area contributed by atoms with Crippen molar-refractivity contribution in [3.8, 4) is 5.75 Å². The number of carboxylic acids is 1. The highest BCUT2D eigenvalue weighted by atomic mass is 16.5. The Bertz CT molecular complexity index is 1040. The molecule has 2 N–H and O–H groups in total. The van der Waals surface area contributed by atoms with Crippen molar-refractivity contribution in [2.75, 3.05) is 20.3 Å². The number of aromatic nitrogens is 1. The van der Waals surface area contributed by atoms with Gasteiger partial charge in [-0.2, -0.15) is 5.10 Å². The van der Waals surface area contributed by atoms with Crippen molar-refractivity contribution >= 4 is 17.9 Å².